The molecule has 0 fully saturated rings. The molecule has 1 atom stereocenters. The van der Waals surface area contributed by atoms with Crippen LogP contribution < -0.4 is 5.73 Å². The van der Waals surface area contributed by atoms with Crippen LogP contribution in [0.3, 0.4) is 0 Å². The highest BCUT2D eigenvalue weighted by atomic mass is 35.5. The number of carbonyl (C=O) groups excluding carboxylic acids is 1. The lowest BCUT2D eigenvalue weighted by Gasteiger charge is -2.29. The number of nitrogens with two attached hydrogens (primary N) is 1. The third-order valence-electron chi connectivity index (χ3n) is 4.95. The van der Waals surface area contributed by atoms with Gasteiger partial charge in [0, 0.05) is 25.0 Å². The van der Waals surface area contributed by atoms with Crippen molar-refractivity contribution in [3.63, 3.8) is 0 Å². The molecule has 1 heterocycles. The Bertz CT molecular complexity index is 737. The van der Waals surface area contributed by atoms with Crippen molar-refractivity contribution in [3.8, 4) is 0 Å². The van der Waals surface area contributed by atoms with Gasteiger partial charge in [-0.3, -0.25) is 4.79 Å². The van der Waals surface area contributed by atoms with Crippen LogP contribution in [0.5, 0.6) is 0 Å². The molecule has 2 aromatic rings. The van der Waals surface area contributed by atoms with E-state index in [2.05, 4.69) is 56.5 Å². The molecule has 0 radical (unpaired) electrons. The zero-order valence-corrected chi connectivity index (χ0v) is 17.6. The topological polar surface area (TPSA) is 51.3 Å². The highest BCUT2D eigenvalue weighted by Gasteiger charge is 2.25. The second kappa shape index (κ2) is 8.74. The van der Waals surface area contributed by atoms with Crippen LogP contribution in [0.4, 0.5) is 0 Å². The largest absolute Gasteiger partial charge is 0.341 e. The van der Waals surface area contributed by atoms with Gasteiger partial charge in [-0.05, 0) is 44.4 Å². The van der Waals surface area contributed by atoms with Crippen molar-refractivity contribution in [2.45, 2.75) is 40.7 Å². The number of carbonyl (C=O) groups is 1. The maximum Gasteiger partial charge on any atom is 0.255 e. The Morgan fingerprint density at radius 1 is 1.23 bits per heavy atom. The maximum atomic E-state index is 13.0. The van der Waals surface area contributed by atoms with Gasteiger partial charge in [-0.25, -0.2) is 0 Å². The number of rotatable bonds is 6. The molecule has 0 spiro atoms. The van der Waals surface area contributed by atoms with Crippen LogP contribution in [0.2, 0.25) is 0 Å². The first-order chi connectivity index (χ1) is 11.7. The Hall–Kier alpha value is -1.78. The molecule has 1 unspecified atom stereocenters. The van der Waals surface area contributed by atoms with Crippen LogP contribution in [0.25, 0.3) is 0 Å². The summed E-state index contributed by atoms with van der Waals surface area (Å²) >= 11 is 0. The molecule has 144 valence electrons. The van der Waals surface area contributed by atoms with E-state index in [0.29, 0.717) is 13.1 Å². The van der Waals surface area contributed by atoms with Crippen molar-refractivity contribution in [2.75, 3.05) is 20.1 Å². The average Bonchev–Trinajstić information content (AvgIpc) is 2.88. The van der Waals surface area contributed by atoms with Crippen LogP contribution in [0.1, 0.15) is 54.1 Å². The van der Waals surface area contributed by atoms with Crippen LogP contribution in [0.15, 0.2) is 36.4 Å². The van der Waals surface area contributed by atoms with E-state index < -0.39 is 0 Å². The minimum absolute atomic E-state index is 0. The Kier molecular flexibility index (Phi) is 7.48. The van der Waals surface area contributed by atoms with Gasteiger partial charge in [0.05, 0.1) is 11.6 Å². The van der Waals surface area contributed by atoms with Gasteiger partial charge < -0.3 is 15.2 Å². The molecule has 0 bridgehead atoms. The summed E-state index contributed by atoms with van der Waals surface area (Å²) in [4.78, 5) is 14.7. The highest BCUT2D eigenvalue weighted by Crippen LogP contribution is 2.26. The first kappa shape index (κ1) is 22.3. The van der Waals surface area contributed by atoms with Crippen molar-refractivity contribution >= 4 is 18.3 Å². The molecule has 5 heteroatoms. The van der Waals surface area contributed by atoms with Gasteiger partial charge in [0.1, 0.15) is 0 Å². The Labute approximate surface area is 163 Å². The Balaban J connectivity index is 0.00000338. The maximum absolute atomic E-state index is 13.0. The monoisotopic (exact) mass is 377 g/mol. The second-order valence-electron chi connectivity index (χ2n) is 7.77. The molecule has 0 aliphatic rings. The zero-order chi connectivity index (χ0) is 18.8. The molecule has 2 rings (SSSR count). The lowest BCUT2D eigenvalue weighted by molar-refractivity contribution is 0.0739. The number of aryl methyl sites for hydroxylation is 1. The van der Waals surface area contributed by atoms with E-state index in [0.717, 1.165) is 17.0 Å². The van der Waals surface area contributed by atoms with Crippen LogP contribution in [-0.4, -0.2) is 35.5 Å². The summed E-state index contributed by atoms with van der Waals surface area (Å²) in [5.41, 5.74) is 9.85. The molecule has 0 aliphatic heterocycles. The summed E-state index contributed by atoms with van der Waals surface area (Å²) in [5, 5.41) is 0. The van der Waals surface area contributed by atoms with E-state index in [1.165, 1.54) is 5.56 Å². The van der Waals surface area contributed by atoms with Crippen molar-refractivity contribution in [2.24, 2.45) is 11.1 Å². The van der Waals surface area contributed by atoms with Gasteiger partial charge in [0.25, 0.3) is 5.91 Å². The molecular weight excluding hydrogens is 346 g/mol. The molecule has 2 N–H and O–H groups in total. The Morgan fingerprint density at radius 2 is 1.81 bits per heavy atom. The number of amides is 1. The van der Waals surface area contributed by atoms with E-state index in [1.807, 2.05) is 26.1 Å². The quantitative estimate of drug-likeness (QED) is 0.820. The molecule has 1 aromatic carbocycles. The van der Waals surface area contributed by atoms with Gasteiger partial charge in [0.2, 0.25) is 0 Å². The molecule has 0 saturated carbocycles. The van der Waals surface area contributed by atoms with Crippen molar-refractivity contribution in [3.05, 3.63) is 58.9 Å². The van der Waals surface area contributed by atoms with Gasteiger partial charge in [-0.2, -0.15) is 0 Å². The number of hydrogen-bond donors (Lipinski definition) is 1. The molecule has 26 heavy (non-hydrogen) atoms. The normalized spacial score (nSPS) is 12.4. The summed E-state index contributed by atoms with van der Waals surface area (Å²) in [6.07, 6.45) is 0. The van der Waals surface area contributed by atoms with Gasteiger partial charge in [-0.15, -0.1) is 12.4 Å². The molecular formula is C21H32ClN3O. The summed E-state index contributed by atoms with van der Waals surface area (Å²) in [6, 6.07) is 12.6. The van der Waals surface area contributed by atoms with Gasteiger partial charge in [-0.1, -0.05) is 44.2 Å². The third kappa shape index (κ3) is 4.68. The fourth-order valence-corrected chi connectivity index (χ4v) is 3.45. The van der Waals surface area contributed by atoms with Crippen molar-refractivity contribution in [1.82, 2.24) is 9.47 Å². The predicted molar refractivity (Wildman–Crippen MR) is 111 cm³/mol. The number of halogens is 1. The van der Waals surface area contributed by atoms with E-state index in [4.69, 9.17) is 5.73 Å². The summed E-state index contributed by atoms with van der Waals surface area (Å²) in [5.74, 6) is 0.0566. The number of nitrogens with zero attached hydrogens (tertiary/aromatic N) is 2. The molecule has 4 nitrogen and oxygen atoms in total. The molecule has 0 saturated heterocycles. The van der Waals surface area contributed by atoms with E-state index in [9.17, 15) is 4.79 Å². The van der Waals surface area contributed by atoms with Crippen molar-refractivity contribution < 1.29 is 4.79 Å². The minimum Gasteiger partial charge on any atom is -0.341 e. The smallest absolute Gasteiger partial charge is 0.255 e. The zero-order valence-electron chi connectivity index (χ0n) is 16.7. The summed E-state index contributed by atoms with van der Waals surface area (Å²) in [6.45, 7) is 11.6. The average molecular weight is 378 g/mol. The molecule has 1 aromatic heterocycles. The first-order valence-electron chi connectivity index (χ1n) is 8.87. The Morgan fingerprint density at radius 3 is 2.35 bits per heavy atom. The SMILES string of the molecule is Cc1cc(C(=O)N(C)CC(C)(C)CN)c(C)n1C(C)c1ccccc1.Cl. The first-order valence-corrected chi connectivity index (χ1v) is 8.87. The molecule has 1 amide bonds. The summed E-state index contributed by atoms with van der Waals surface area (Å²) < 4.78 is 2.24. The highest BCUT2D eigenvalue weighted by molar-refractivity contribution is 5.95. The second-order valence-corrected chi connectivity index (χ2v) is 7.77. The number of benzene rings is 1. The third-order valence-corrected chi connectivity index (χ3v) is 4.95. The van der Waals surface area contributed by atoms with Crippen molar-refractivity contribution in [1.29, 1.82) is 0 Å². The van der Waals surface area contributed by atoms with E-state index in [-0.39, 0.29) is 29.8 Å². The van der Waals surface area contributed by atoms with Crippen LogP contribution in [-0.2, 0) is 0 Å². The van der Waals surface area contributed by atoms with E-state index >= 15 is 0 Å². The molecule has 0 aliphatic carbocycles. The predicted octanol–water partition coefficient (Wildman–Crippen LogP) is 4.19. The fraction of sp³-hybridized carbons (Fsp3) is 0.476. The number of aromatic nitrogens is 1. The lowest BCUT2D eigenvalue weighted by atomic mass is 9.93. The minimum atomic E-state index is -0.0900. The standard InChI is InChI=1S/C21H31N3O.ClH/c1-15-12-19(20(25)23(6)14-21(4,5)13-22)17(3)24(15)16(2)18-10-8-7-9-11-18;/h7-12,16H,13-14,22H2,1-6H3;1H. The summed E-state index contributed by atoms with van der Waals surface area (Å²) in [7, 11) is 1.85. The van der Waals surface area contributed by atoms with Crippen LogP contribution in [0, 0.1) is 19.3 Å². The van der Waals surface area contributed by atoms with E-state index in [1.54, 1.807) is 4.90 Å². The van der Waals surface area contributed by atoms with Gasteiger partial charge in [0.15, 0.2) is 0 Å². The van der Waals surface area contributed by atoms with Gasteiger partial charge >= 0.3 is 0 Å². The number of hydrogen-bond acceptors (Lipinski definition) is 2. The lowest BCUT2D eigenvalue weighted by Crippen LogP contribution is -2.39. The van der Waals surface area contributed by atoms with Crippen LogP contribution >= 0.6 is 12.4 Å². The fourth-order valence-electron chi connectivity index (χ4n) is 3.45.